The zero-order valence-corrected chi connectivity index (χ0v) is 19.1. The van der Waals surface area contributed by atoms with Crippen molar-refractivity contribution in [1.82, 2.24) is 14.9 Å². The van der Waals surface area contributed by atoms with Gasteiger partial charge < -0.3 is 30.3 Å². The van der Waals surface area contributed by atoms with E-state index in [4.69, 9.17) is 21.4 Å². The Bertz CT molecular complexity index is 1150. The molecule has 0 saturated heterocycles. The molecule has 0 aliphatic carbocycles. The monoisotopic (exact) mass is 514 g/mol. The first-order valence-corrected chi connectivity index (χ1v) is 10.6. The van der Waals surface area contributed by atoms with Crippen LogP contribution in [-0.2, 0) is 6.54 Å². The van der Waals surface area contributed by atoms with Crippen molar-refractivity contribution in [2.75, 3.05) is 25.5 Å². The van der Waals surface area contributed by atoms with Crippen LogP contribution in [0.25, 0.3) is 0 Å². The number of aromatic nitrogens is 2. The normalized spacial score (nSPS) is 12.2. The topological polar surface area (TPSA) is 118 Å². The van der Waals surface area contributed by atoms with Crippen molar-refractivity contribution in [3.8, 4) is 17.5 Å². The van der Waals surface area contributed by atoms with Crippen molar-refractivity contribution < 1.29 is 37.7 Å². The van der Waals surface area contributed by atoms with E-state index in [1.54, 1.807) is 24.3 Å². The molecule has 3 rings (SSSR count). The van der Waals surface area contributed by atoms with Gasteiger partial charge in [-0.05, 0) is 29.8 Å². The third-order valence-corrected chi connectivity index (χ3v) is 4.85. The number of amides is 1. The Morgan fingerprint density at radius 3 is 2.51 bits per heavy atom. The number of halogens is 4. The highest BCUT2D eigenvalue weighted by molar-refractivity contribution is 6.30. The van der Waals surface area contributed by atoms with E-state index in [0.29, 0.717) is 5.02 Å². The Labute approximate surface area is 203 Å². The van der Waals surface area contributed by atoms with Gasteiger partial charge in [0, 0.05) is 24.7 Å². The number of nitrogens with one attached hydrogen (secondary N) is 2. The summed E-state index contributed by atoms with van der Waals surface area (Å²) in [4.78, 5) is 17.2. The molecular weight excluding hydrogens is 493 g/mol. The van der Waals surface area contributed by atoms with E-state index in [1.165, 1.54) is 23.7 Å². The van der Waals surface area contributed by atoms with Crippen LogP contribution in [0.15, 0.2) is 48.5 Å². The Morgan fingerprint density at radius 2 is 1.89 bits per heavy atom. The summed E-state index contributed by atoms with van der Waals surface area (Å²) >= 11 is 5.95. The molecule has 0 radical (unpaired) electrons. The second kappa shape index (κ2) is 11.3. The van der Waals surface area contributed by atoms with Crippen LogP contribution in [0.1, 0.15) is 16.1 Å². The lowest BCUT2D eigenvalue weighted by atomic mass is 10.2. The van der Waals surface area contributed by atoms with E-state index in [1.807, 2.05) is 0 Å². The number of imidazole rings is 1. The molecule has 2 aromatic carbocycles. The maximum Gasteiger partial charge on any atom is 0.573 e. The number of alkyl halides is 3. The lowest BCUT2D eigenvalue weighted by molar-refractivity contribution is -0.274. The van der Waals surface area contributed by atoms with E-state index in [0.717, 1.165) is 17.7 Å². The van der Waals surface area contributed by atoms with Crippen LogP contribution >= 0.6 is 11.6 Å². The Kier molecular flexibility index (Phi) is 8.43. The number of ether oxygens (including phenoxy) is 2. The first kappa shape index (κ1) is 26.1. The summed E-state index contributed by atoms with van der Waals surface area (Å²) in [6.07, 6.45) is -6.05. The Balaban J connectivity index is 1.99. The average molecular weight is 515 g/mol. The minimum absolute atomic E-state index is 0.0144. The molecule has 1 aromatic heterocycles. The van der Waals surface area contributed by atoms with Gasteiger partial charge in [0.25, 0.3) is 5.91 Å². The van der Waals surface area contributed by atoms with Gasteiger partial charge in [-0.2, -0.15) is 4.98 Å². The summed E-state index contributed by atoms with van der Waals surface area (Å²) in [5.74, 6) is -1.02. The molecule has 13 heteroatoms. The second-order valence-corrected chi connectivity index (χ2v) is 7.66. The molecule has 0 bridgehead atoms. The molecule has 1 amide bonds. The van der Waals surface area contributed by atoms with Crippen LogP contribution in [-0.4, -0.2) is 58.3 Å². The number of hydrogen-bond acceptors (Lipinski definition) is 7. The molecule has 0 aliphatic rings. The second-order valence-electron chi connectivity index (χ2n) is 7.23. The third kappa shape index (κ3) is 7.25. The number of carbonyl (C=O) groups excluding carboxylic acids is 1. The predicted molar refractivity (Wildman–Crippen MR) is 121 cm³/mol. The number of benzene rings is 2. The van der Waals surface area contributed by atoms with E-state index in [9.17, 15) is 23.1 Å². The summed E-state index contributed by atoms with van der Waals surface area (Å²) in [6, 6.07) is 11.5. The van der Waals surface area contributed by atoms with Crippen molar-refractivity contribution in [2.24, 2.45) is 0 Å². The van der Waals surface area contributed by atoms with Crippen LogP contribution in [0.5, 0.6) is 17.5 Å². The number of anilines is 1. The zero-order chi connectivity index (χ0) is 25.6. The molecule has 0 fully saturated rings. The van der Waals surface area contributed by atoms with Crippen LogP contribution in [0.2, 0.25) is 5.02 Å². The van der Waals surface area contributed by atoms with Gasteiger partial charge in [-0.15, -0.1) is 13.2 Å². The van der Waals surface area contributed by atoms with Gasteiger partial charge in [0.05, 0.1) is 19.3 Å². The highest BCUT2D eigenvalue weighted by Crippen LogP contribution is 2.31. The molecule has 0 saturated carbocycles. The summed E-state index contributed by atoms with van der Waals surface area (Å²) in [5, 5.41) is 24.4. The summed E-state index contributed by atoms with van der Waals surface area (Å²) in [5.41, 5.74) is 0.753. The largest absolute Gasteiger partial charge is 0.573 e. The third-order valence-electron chi connectivity index (χ3n) is 4.60. The lowest BCUT2D eigenvalue weighted by Gasteiger charge is -2.14. The zero-order valence-electron chi connectivity index (χ0n) is 18.3. The fourth-order valence-electron chi connectivity index (χ4n) is 3.03. The smallest absolute Gasteiger partial charge is 0.425 e. The van der Waals surface area contributed by atoms with Gasteiger partial charge in [-0.25, -0.2) is 0 Å². The molecule has 0 spiro atoms. The fourth-order valence-corrected chi connectivity index (χ4v) is 3.16. The summed E-state index contributed by atoms with van der Waals surface area (Å²) in [7, 11) is 1.52. The molecular formula is C22H22ClF3N4O5. The molecule has 4 N–H and O–H groups in total. The van der Waals surface area contributed by atoms with Gasteiger partial charge in [0.1, 0.15) is 11.5 Å². The molecule has 1 atom stereocenters. The first-order chi connectivity index (χ1) is 16.6. The van der Waals surface area contributed by atoms with Crippen LogP contribution < -0.4 is 20.1 Å². The van der Waals surface area contributed by atoms with Crippen molar-refractivity contribution in [3.63, 3.8) is 0 Å². The summed E-state index contributed by atoms with van der Waals surface area (Å²) in [6.45, 7) is -0.684. The molecule has 3 aromatic rings. The maximum atomic E-state index is 13.0. The van der Waals surface area contributed by atoms with Crippen LogP contribution in [0.4, 0.5) is 19.0 Å². The van der Waals surface area contributed by atoms with E-state index in [-0.39, 0.29) is 36.4 Å². The first-order valence-electron chi connectivity index (χ1n) is 10.2. The lowest BCUT2D eigenvalue weighted by Crippen LogP contribution is -2.35. The van der Waals surface area contributed by atoms with Gasteiger partial charge >= 0.3 is 12.4 Å². The number of nitrogens with zero attached hydrogens (tertiary/aromatic N) is 2. The van der Waals surface area contributed by atoms with Crippen molar-refractivity contribution in [1.29, 1.82) is 0 Å². The highest BCUT2D eigenvalue weighted by Gasteiger charge is 2.31. The fraction of sp³-hybridized carbons (Fsp3) is 0.273. The van der Waals surface area contributed by atoms with E-state index >= 15 is 0 Å². The maximum absolute atomic E-state index is 13.0. The average Bonchev–Trinajstić information content (AvgIpc) is 3.14. The van der Waals surface area contributed by atoms with Crippen LogP contribution in [0.3, 0.4) is 0 Å². The number of carbonyl (C=O) groups is 1. The molecule has 9 nitrogen and oxygen atoms in total. The molecule has 188 valence electrons. The standard InChI is InChI=1S/C22H22ClF3N4O5/c1-27-19-18(20(33)28-10-15(32)12-31)30(11-13-5-7-14(23)8-6-13)21(29-19)34-16-3-2-4-17(9-16)35-22(24,25)26/h2-9,15,27,31-32H,10-12H2,1H3,(H,28,33). The number of hydrogen-bond donors (Lipinski definition) is 4. The van der Waals surface area contributed by atoms with Crippen molar-refractivity contribution in [2.45, 2.75) is 19.0 Å². The van der Waals surface area contributed by atoms with Gasteiger partial charge in [0.2, 0.25) is 0 Å². The quantitative estimate of drug-likeness (QED) is 0.327. The SMILES string of the molecule is CNc1nc(Oc2cccc(OC(F)(F)F)c2)n(Cc2ccc(Cl)cc2)c1C(=O)NCC(O)CO. The van der Waals surface area contributed by atoms with Gasteiger partial charge in [0.15, 0.2) is 11.5 Å². The molecule has 1 unspecified atom stereocenters. The molecule has 0 aliphatic heterocycles. The minimum Gasteiger partial charge on any atom is -0.425 e. The van der Waals surface area contributed by atoms with Crippen molar-refractivity contribution in [3.05, 3.63) is 64.8 Å². The Morgan fingerprint density at radius 1 is 1.20 bits per heavy atom. The molecule has 1 heterocycles. The van der Waals surface area contributed by atoms with Crippen molar-refractivity contribution >= 4 is 23.3 Å². The number of rotatable bonds is 10. The highest BCUT2D eigenvalue weighted by atomic mass is 35.5. The molecule has 35 heavy (non-hydrogen) atoms. The van der Waals surface area contributed by atoms with E-state index < -0.39 is 30.7 Å². The van der Waals surface area contributed by atoms with Gasteiger partial charge in [-0.3, -0.25) is 9.36 Å². The van der Waals surface area contributed by atoms with E-state index in [2.05, 4.69) is 20.4 Å². The predicted octanol–water partition coefficient (Wildman–Crippen LogP) is 3.40. The van der Waals surface area contributed by atoms with Gasteiger partial charge in [-0.1, -0.05) is 29.8 Å². The Hall–Kier alpha value is -3.48. The number of aliphatic hydroxyl groups is 2. The number of aliphatic hydroxyl groups excluding tert-OH is 2. The summed E-state index contributed by atoms with van der Waals surface area (Å²) < 4.78 is 48.9. The minimum atomic E-state index is -4.88. The van der Waals surface area contributed by atoms with Crippen LogP contribution in [0, 0.1) is 0 Å².